The van der Waals surface area contributed by atoms with Crippen molar-refractivity contribution in [3.05, 3.63) is 534 Å². The van der Waals surface area contributed by atoms with Crippen molar-refractivity contribution >= 4 is 102 Å². The van der Waals surface area contributed by atoms with Crippen molar-refractivity contribution in [2.45, 2.75) is 125 Å². The molecule has 720 valence electrons. The Labute approximate surface area is 829 Å². The normalized spacial score (nSPS) is 10.7. The molecule has 18 aromatic rings. The fraction of sp³-hybridized carbons (Fsp3) is 0.143. The van der Waals surface area contributed by atoms with Crippen LogP contribution < -0.4 is 29.4 Å². The molecule has 0 fully saturated rings. The number of aryl methyl sites for hydroxylation is 17. The topological polar surface area (TPSA) is 19.4 Å². The van der Waals surface area contributed by atoms with Gasteiger partial charge in [-0.3, -0.25) is 0 Å². The zero-order chi connectivity index (χ0) is 102. The van der Waals surface area contributed by atoms with E-state index in [4.69, 9.17) is 0 Å². The predicted octanol–water partition coefficient (Wildman–Crippen LogP) is 37.9. The summed E-state index contributed by atoms with van der Waals surface area (Å²) in [7, 11) is 0. The van der Waals surface area contributed by atoms with Crippen LogP contribution in [0.5, 0.6) is 0 Å². The molecule has 6 nitrogen and oxygen atoms in total. The van der Waals surface area contributed by atoms with Gasteiger partial charge in [0.05, 0.1) is 22.7 Å². The number of rotatable bonds is 18. The molecule has 0 radical (unpaired) electrons. The van der Waals surface area contributed by atoms with E-state index in [2.05, 4.69) is 67.3 Å². The van der Waals surface area contributed by atoms with Crippen LogP contribution >= 0.6 is 0 Å². The number of anilines is 18. The molecular weight excluding hydrogens is 1790 g/mol. The van der Waals surface area contributed by atoms with Crippen molar-refractivity contribution in [2.24, 2.45) is 0 Å². The van der Waals surface area contributed by atoms with E-state index in [-0.39, 0.29) is 34.3 Å². The molecule has 0 aliphatic carbocycles. The third-order valence-electron chi connectivity index (χ3n) is 24.1. The first-order chi connectivity index (χ1) is 67.9. The lowest BCUT2D eigenvalue weighted by molar-refractivity contribution is 0.504. The van der Waals surface area contributed by atoms with Crippen LogP contribution in [-0.4, -0.2) is 0 Å². The molecule has 0 spiro atoms. The summed E-state index contributed by atoms with van der Waals surface area (Å²) in [6.07, 6.45) is 0. The average Bonchev–Trinajstić information content (AvgIpc) is 0.787. The van der Waals surface area contributed by atoms with E-state index in [0.717, 1.165) is 113 Å². The SMILES string of the molecule is Cc1ccc(N(c2ccc(C)cc2)c2c(F)cc(C)cc2F)cc1.Cc1ccc(N(c2ccc(C)cc2)c2cc(F)c(C)c(F)c2)cc1.Cc1ccc(N(c2ccc(C)cc2)c2cc(F)c(C)cc2F)cc1.Cc1ccc(N(c2ccc(C)cc2)c2ccc(C)c(F)c2)cc1.Cc1ccc(N(c2ccc(C)cc2)c2ccc(C)c(F)c2F)cc1.Cc1ccc(N(c2ccc(C)cc2)c2ccc(C)cc2F)cc1. The van der Waals surface area contributed by atoms with Crippen LogP contribution in [0.25, 0.3) is 0 Å². The quantitative estimate of drug-likeness (QED) is 0.0792. The Morgan fingerprint density at radius 3 is 0.641 bits per heavy atom. The van der Waals surface area contributed by atoms with Crippen LogP contribution in [0.4, 0.5) is 146 Å². The van der Waals surface area contributed by atoms with Crippen LogP contribution in [0.15, 0.2) is 376 Å². The van der Waals surface area contributed by atoms with E-state index in [1.807, 2.05) is 353 Å². The Morgan fingerprint density at radius 1 is 0.127 bits per heavy atom. The monoisotopic (exact) mass is 1900 g/mol. The van der Waals surface area contributed by atoms with Gasteiger partial charge in [0.1, 0.15) is 52.2 Å². The average molecular weight is 1900 g/mol. The van der Waals surface area contributed by atoms with E-state index in [0.29, 0.717) is 45.0 Å². The molecule has 0 aliphatic rings. The minimum Gasteiger partial charge on any atom is -0.310 e. The smallest absolute Gasteiger partial charge is 0.183 e. The van der Waals surface area contributed by atoms with Gasteiger partial charge in [-0.1, -0.05) is 231 Å². The summed E-state index contributed by atoms with van der Waals surface area (Å²) in [5.41, 5.74) is 28.8. The molecule has 0 atom stereocenters. The zero-order valence-corrected chi connectivity index (χ0v) is 83.3. The molecule has 0 amide bonds. The van der Waals surface area contributed by atoms with Crippen molar-refractivity contribution in [3.63, 3.8) is 0 Å². The van der Waals surface area contributed by atoms with Crippen molar-refractivity contribution in [3.8, 4) is 0 Å². The molecule has 0 bridgehead atoms. The maximum absolute atomic E-state index is 14.6. The second kappa shape index (κ2) is 47.1. The van der Waals surface area contributed by atoms with E-state index in [9.17, 15) is 43.9 Å². The zero-order valence-electron chi connectivity index (χ0n) is 83.3. The Balaban J connectivity index is 0.000000143. The lowest BCUT2D eigenvalue weighted by atomic mass is 10.1. The highest BCUT2D eigenvalue weighted by atomic mass is 19.2. The Bertz CT molecular complexity index is 6880. The van der Waals surface area contributed by atoms with Crippen LogP contribution in [0.1, 0.15) is 100 Å². The summed E-state index contributed by atoms with van der Waals surface area (Å²) >= 11 is 0. The van der Waals surface area contributed by atoms with Crippen molar-refractivity contribution in [1.82, 2.24) is 0 Å². The fourth-order valence-electron chi connectivity index (χ4n) is 15.7. The van der Waals surface area contributed by atoms with Gasteiger partial charge in [-0.15, -0.1) is 0 Å². The van der Waals surface area contributed by atoms with Gasteiger partial charge < -0.3 is 29.4 Å². The summed E-state index contributed by atoms with van der Waals surface area (Å²) in [6.45, 7) is 34.1. The van der Waals surface area contributed by atoms with Crippen LogP contribution in [0, 0.1) is 183 Å². The lowest BCUT2D eigenvalue weighted by Crippen LogP contribution is -2.14. The summed E-state index contributed by atoms with van der Waals surface area (Å²) < 4.78 is 143. The molecule has 0 aliphatic heterocycles. The number of benzene rings is 18. The van der Waals surface area contributed by atoms with Crippen LogP contribution in [0.2, 0.25) is 0 Å². The van der Waals surface area contributed by atoms with Crippen molar-refractivity contribution in [2.75, 3.05) is 29.4 Å². The molecule has 142 heavy (non-hydrogen) atoms. The highest BCUT2D eigenvalue weighted by Crippen LogP contribution is 2.45. The first kappa shape index (κ1) is 103. The standard InChI is InChI=1S/4C21H19F2N.2C21H20FN/c1-14-4-9-17(10-5-14)24(18-11-6-15(2)7-12-18)19-13-8-16(3)20(22)21(19)23;1-14-4-8-17(9-5-14)24(18-10-6-15(2)7-11-18)19-12-20(22)16(3)21(23)13-19;1-14-4-8-17(9-5-14)24(18-10-6-15(2)7-11-18)21-13-19(22)16(3)12-20(21)23;1-14-4-8-17(9-5-14)24(18-10-6-15(2)7-11-18)21-19(22)12-16(3)13-20(21)23;1-15-4-9-18(10-5-15)23(19-11-6-16(2)7-12-19)20-13-8-17(3)21(22)14-20;1-15-4-9-18(10-5-15)23(19-11-6-16(2)7-12-19)21-13-8-17(3)14-20(21)22/h4*4-13H,1-3H3;2*4-14H,1-3H3. The van der Waals surface area contributed by atoms with Gasteiger partial charge in [-0.25, -0.2) is 43.9 Å². The largest absolute Gasteiger partial charge is 0.310 e. The molecule has 18 aromatic carbocycles. The van der Waals surface area contributed by atoms with Crippen LogP contribution in [0.3, 0.4) is 0 Å². The van der Waals surface area contributed by atoms with E-state index in [1.165, 1.54) is 65.6 Å². The number of halogens is 10. The second-order valence-electron chi connectivity index (χ2n) is 36.1. The molecule has 0 aromatic heterocycles. The number of nitrogens with zero attached hydrogens (tertiary/aromatic N) is 6. The summed E-state index contributed by atoms with van der Waals surface area (Å²) in [4.78, 5) is 11.0. The third kappa shape index (κ3) is 26.3. The van der Waals surface area contributed by atoms with E-state index >= 15 is 0 Å². The molecule has 16 heteroatoms. The molecule has 0 saturated carbocycles. The second-order valence-corrected chi connectivity index (χ2v) is 36.1. The molecule has 0 heterocycles. The molecule has 0 unspecified atom stereocenters. The minimum atomic E-state index is -0.837. The summed E-state index contributed by atoms with van der Waals surface area (Å²) in [6, 6.07) is 117. The molecule has 0 N–H and O–H groups in total. The Hall–Kier alpha value is -15.9. The van der Waals surface area contributed by atoms with Crippen LogP contribution in [-0.2, 0) is 0 Å². The van der Waals surface area contributed by atoms with Gasteiger partial charge in [0, 0.05) is 85.6 Å². The van der Waals surface area contributed by atoms with Gasteiger partial charge in [0.15, 0.2) is 11.6 Å². The van der Waals surface area contributed by atoms with Gasteiger partial charge in [0.2, 0.25) is 0 Å². The van der Waals surface area contributed by atoms with E-state index < -0.39 is 46.5 Å². The first-order valence-electron chi connectivity index (χ1n) is 46.9. The van der Waals surface area contributed by atoms with E-state index in [1.54, 1.807) is 66.7 Å². The maximum atomic E-state index is 14.6. The number of hydrogen-bond donors (Lipinski definition) is 0. The van der Waals surface area contributed by atoms with Gasteiger partial charge >= 0.3 is 0 Å². The fourth-order valence-corrected chi connectivity index (χ4v) is 15.7. The number of hydrogen-bond acceptors (Lipinski definition) is 6. The Morgan fingerprint density at radius 2 is 0.345 bits per heavy atom. The van der Waals surface area contributed by atoms with Gasteiger partial charge in [-0.2, -0.15) is 0 Å². The minimum absolute atomic E-state index is 0.0338. The maximum Gasteiger partial charge on any atom is 0.183 e. The summed E-state index contributed by atoms with van der Waals surface area (Å²) in [5.74, 6) is -5.16. The predicted molar refractivity (Wildman–Crippen MR) is 572 cm³/mol. The summed E-state index contributed by atoms with van der Waals surface area (Å²) in [5, 5.41) is 0. The van der Waals surface area contributed by atoms with Gasteiger partial charge in [0.25, 0.3) is 0 Å². The Kier molecular flexibility index (Phi) is 34.3. The van der Waals surface area contributed by atoms with Crippen molar-refractivity contribution < 1.29 is 43.9 Å². The molecule has 18 rings (SSSR count). The van der Waals surface area contributed by atoms with Gasteiger partial charge in [-0.05, 0) is 359 Å². The first-order valence-corrected chi connectivity index (χ1v) is 46.9. The lowest BCUT2D eigenvalue weighted by Gasteiger charge is -2.26. The van der Waals surface area contributed by atoms with Crippen molar-refractivity contribution in [1.29, 1.82) is 0 Å². The molecule has 0 saturated heterocycles. The third-order valence-corrected chi connectivity index (χ3v) is 24.1. The highest BCUT2D eigenvalue weighted by molar-refractivity contribution is 5.84. The molecular formula is C126H116F10N6. The highest BCUT2D eigenvalue weighted by Gasteiger charge is 2.26.